The molecule has 152 valence electrons. The molecular formula is C27H27NO2. The lowest BCUT2D eigenvalue weighted by Crippen LogP contribution is -2.20. The molecule has 3 heteroatoms. The van der Waals surface area contributed by atoms with Crippen molar-refractivity contribution in [1.29, 1.82) is 0 Å². The number of methoxy groups -OCH3 is 1. The zero-order valence-electron chi connectivity index (χ0n) is 17.3. The molecule has 1 saturated carbocycles. The van der Waals surface area contributed by atoms with E-state index in [2.05, 4.69) is 66.5 Å². The van der Waals surface area contributed by atoms with E-state index in [1.54, 1.807) is 13.4 Å². The average Bonchev–Trinajstić information content (AvgIpc) is 3.49. The molecule has 1 N–H and O–H groups in total. The van der Waals surface area contributed by atoms with Crippen LogP contribution in [0.5, 0.6) is 0 Å². The zero-order valence-corrected chi connectivity index (χ0v) is 17.3. The highest BCUT2D eigenvalue weighted by molar-refractivity contribution is 5.65. The van der Waals surface area contributed by atoms with E-state index in [0.29, 0.717) is 0 Å². The van der Waals surface area contributed by atoms with Gasteiger partial charge in [0.05, 0.1) is 25.2 Å². The third-order valence-electron chi connectivity index (χ3n) is 5.27. The molecule has 1 aromatic heterocycles. The first-order valence-electron chi connectivity index (χ1n) is 10.3. The Morgan fingerprint density at radius 3 is 2.40 bits per heavy atom. The Morgan fingerprint density at radius 2 is 1.77 bits per heavy atom. The summed E-state index contributed by atoms with van der Waals surface area (Å²) in [7, 11) is 1.74. The van der Waals surface area contributed by atoms with E-state index < -0.39 is 0 Å². The molecule has 3 nitrogen and oxygen atoms in total. The minimum atomic E-state index is -0.0133. The summed E-state index contributed by atoms with van der Waals surface area (Å²) in [6.07, 6.45) is 8.79. The van der Waals surface area contributed by atoms with Crippen LogP contribution in [0.15, 0.2) is 107 Å². The molecule has 0 radical (unpaired) electrons. The van der Waals surface area contributed by atoms with Crippen molar-refractivity contribution in [2.75, 3.05) is 7.11 Å². The Morgan fingerprint density at radius 1 is 1.03 bits per heavy atom. The summed E-state index contributed by atoms with van der Waals surface area (Å²) in [5.74, 6) is 1.93. The lowest BCUT2D eigenvalue weighted by Gasteiger charge is -2.19. The van der Waals surface area contributed by atoms with Crippen LogP contribution in [0, 0.1) is 0 Å². The summed E-state index contributed by atoms with van der Waals surface area (Å²) < 4.78 is 11.3. The summed E-state index contributed by atoms with van der Waals surface area (Å²) in [6, 6.07) is 22.8. The summed E-state index contributed by atoms with van der Waals surface area (Å²) in [5.41, 5.74) is 5.79. The minimum absolute atomic E-state index is 0.0133. The van der Waals surface area contributed by atoms with Crippen LogP contribution in [0.25, 0.3) is 17.2 Å². The van der Waals surface area contributed by atoms with Crippen LogP contribution in [0.1, 0.15) is 36.6 Å². The first-order chi connectivity index (χ1) is 14.7. The number of furan rings is 1. The monoisotopic (exact) mass is 397 g/mol. The molecule has 0 aliphatic heterocycles. The van der Waals surface area contributed by atoms with Crippen LogP contribution in [0.2, 0.25) is 0 Å². The molecule has 2 aromatic carbocycles. The molecule has 3 aromatic rings. The number of ether oxygens (including phenoxy) is 1. The van der Waals surface area contributed by atoms with Gasteiger partial charge in [0.25, 0.3) is 0 Å². The largest absolute Gasteiger partial charge is 0.501 e. The fourth-order valence-electron chi connectivity index (χ4n) is 3.50. The third-order valence-corrected chi connectivity index (χ3v) is 5.27. The van der Waals surface area contributed by atoms with E-state index >= 15 is 0 Å². The molecule has 1 unspecified atom stereocenters. The second kappa shape index (κ2) is 9.36. The van der Waals surface area contributed by atoms with Crippen molar-refractivity contribution in [1.82, 2.24) is 5.32 Å². The van der Waals surface area contributed by atoms with Gasteiger partial charge in [0.2, 0.25) is 0 Å². The van der Waals surface area contributed by atoms with Crippen LogP contribution in [0.3, 0.4) is 0 Å². The predicted molar refractivity (Wildman–Crippen MR) is 123 cm³/mol. The van der Waals surface area contributed by atoms with Gasteiger partial charge in [-0.3, -0.25) is 0 Å². The van der Waals surface area contributed by atoms with E-state index in [1.165, 1.54) is 16.7 Å². The van der Waals surface area contributed by atoms with Gasteiger partial charge >= 0.3 is 0 Å². The van der Waals surface area contributed by atoms with Gasteiger partial charge in [0, 0.05) is 12.1 Å². The summed E-state index contributed by atoms with van der Waals surface area (Å²) in [4.78, 5) is 0. The number of benzene rings is 2. The smallest absolute Gasteiger partial charge is 0.126 e. The molecule has 1 heterocycles. The maximum atomic E-state index is 5.65. The maximum absolute atomic E-state index is 5.65. The highest BCUT2D eigenvalue weighted by Gasteiger charge is 2.23. The Labute approximate surface area is 178 Å². The van der Waals surface area contributed by atoms with Crippen molar-refractivity contribution in [2.45, 2.75) is 25.3 Å². The molecule has 0 saturated heterocycles. The van der Waals surface area contributed by atoms with Crippen LogP contribution < -0.4 is 5.32 Å². The van der Waals surface area contributed by atoms with Crippen molar-refractivity contribution >= 4 is 6.08 Å². The van der Waals surface area contributed by atoms with Gasteiger partial charge in [-0.15, -0.1) is 0 Å². The minimum Gasteiger partial charge on any atom is -0.501 e. The van der Waals surface area contributed by atoms with Crippen molar-refractivity contribution in [3.8, 4) is 11.1 Å². The highest BCUT2D eigenvalue weighted by atomic mass is 16.5. The van der Waals surface area contributed by atoms with Gasteiger partial charge in [-0.05, 0) is 53.3 Å². The van der Waals surface area contributed by atoms with E-state index in [4.69, 9.17) is 9.15 Å². The van der Waals surface area contributed by atoms with Gasteiger partial charge in [0.1, 0.15) is 5.76 Å². The Bertz CT molecular complexity index is 1020. The third kappa shape index (κ3) is 5.12. The highest BCUT2D eigenvalue weighted by Crippen LogP contribution is 2.36. The maximum Gasteiger partial charge on any atom is 0.126 e. The van der Waals surface area contributed by atoms with Gasteiger partial charge in [0.15, 0.2) is 0 Å². The van der Waals surface area contributed by atoms with Crippen molar-refractivity contribution in [3.63, 3.8) is 0 Å². The van der Waals surface area contributed by atoms with Crippen molar-refractivity contribution in [3.05, 3.63) is 114 Å². The molecule has 4 rings (SSSR count). The van der Waals surface area contributed by atoms with Crippen LogP contribution in [-0.4, -0.2) is 7.11 Å². The number of nitrogens with one attached hydrogen (secondary N) is 1. The molecule has 30 heavy (non-hydrogen) atoms. The number of allylic oxidation sites excluding steroid dienone is 2. The predicted octanol–water partition coefficient (Wildman–Crippen LogP) is 6.89. The SMILES string of the molecule is C=C(/C=C/c1ccc(-c2ccccc2)cc1)NC(CC(OC)=C1CC1)c1ccco1. The lowest BCUT2D eigenvalue weighted by atomic mass is 10.0. The van der Waals surface area contributed by atoms with E-state index in [-0.39, 0.29) is 6.04 Å². The fourth-order valence-corrected chi connectivity index (χ4v) is 3.50. The molecule has 1 fully saturated rings. The molecule has 1 atom stereocenters. The number of hydrogen-bond donors (Lipinski definition) is 1. The van der Waals surface area contributed by atoms with Crippen LogP contribution >= 0.6 is 0 Å². The first-order valence-corrected chi connectivity index (χ1v) is 10.3. The van der Waals surface area contributed by atoms with Crippen molar-refractivity contribution in [2.24, 2.45) is 0 Å². The molecule has 1 aliphatic rings. The molecule has 0 amide bonds. The van der Waals surface area contributed by atoms with E-state index in [0.717, 1.165) is 42.0 Å². The van der Waals surface area contributed by atoms with E-state index in [1.807, 2.05) is 24.3 Å². The summed E-state index contributed by atoms with van der Waals surface area (Å²) >= 11 is 0. The zero-order chi connectivity index (χ0) is 20.8. The first kappa shape index (κ1) is 19.8. The summed E-state index contributed by atoms with van der Waals surface area (Å²) in [5, 5.41) is 3.49. The Hall–Kier alpha value is -3.46. The number of hydrogen-bond acceptors (Lipinski definition) is 3. The van der Waals surface area contributed by atoms with Gasteiger partial charge in [-0.25, -0.2) is 0 Å². The quantitative estimate of drug-likeness (QED) is 0.315. The van der Waals surface area contributed by atoms with E-state index in [9.17, 15) is 0 Å². The standard InChI is InChI=1S/C27H27NO2/c1-20(10-11-21-12-14-23(15-13-21)22-7-4-3-5-8-22)28-25(26-9-6-18-30-26)19-27(29-2)24-16-17-24/h3-15,18,25,28H,1,16-17,19H2,2H3/b11-10+. The molecule has 0 bridgehead atoms. The number of rotatable bonds is 9. The molecular weight excluding hydrogens is 370 g/mol. The van der Waals surface area contributed by atoms with Crippen LogP contribution in [0.4, 0.5) is 0 Å². The molecule has 0 spiro atoms. The lowest BCUT2D eigenvalue weighted by molar-refractivity contribution is 0.258. The Kier molecular flexibility index (Phi) is 6.19. The topological polar surface area (TPSA) is 34.4 Å². The summed E-state index contributed by atoms with van der Waals surface area (Å²) in [6.45, 7) is 4.18. The van der Waals surface area contributed by atoms with Gasteiger partial charge in [-0.2, -0.15) is 0 Å². The molecule has 1 aliphatic carbocycles. The Balaban J connectivity index is 1.41. The second-order valence-electron chi connectivity index (χ2n) is 7.49. The van der Waals surface area contributed by atoms with Crippen LogP contribution in [-0.2, 0) is 4.74 Å². The van der Waals surface area contributed by atoms with Crippen molar-refractivity contribution < 1.29 is 9.15 Å². The second-order valence-corrected chi connectivity index (χ2v) is 7.49. The van der Waals surface area contributed by atoms with Gasteiger partial charge < -0.3 is 14.5 Å². The van der Waals surface area contributed by atoms with Gasteiger partial charge in [-0.1, -0.05) is 67.3 Å². The normalized spacial score (nSPS) is 13.8. The fraction of sp³-hybridized carbons (Fsp3) is 0.185. The average molecular weight is 398 g/mol.